The van der Waals surface area contributed by atoms with Crippen LogP contribution in [0.3, 0.4) is 0 Å². The van der Waals surface area contributed by atoms with Gasteiger partial charge in [0.05, 0.1) is 6.61 Å². The molecule has 0 aliphatic rings. The molecule has 0 amide bonds. The molecule has 1 heterocycles. The quantitative estimate of drug-likeness (QED) is 0.775. The van der Waals surface area contributed by atoms with Gasteiger partial charge in [-0.25, -0.2) is 9.78 Å². The molecule has 0 aliphatic heterocycles. The summed E-state index contributed by atoms with van der Waals surface area (Å²) in [5, 5.41) is 2.60. The van der Waals surface area contributed by atoms with E-state index in [2.05, 4.69) is 43.1 Å². The van der Waals surface area contributed by atoms with Crippen LogP contribution in [0, 0.1) is 5.92 Å². The summed E-state index contributed by atoms with van der Waals surface area (Å²) in [7, 11) is 0. The van der Waals surface area contributed by atoms with E-state index in [0.29, 0.717) is 18.2 Å². The van der Waals surface area contributed by atoms with Gasteiger partial charge in [0.2, 0.25) is 0 Å². The largest absolute Gasteiger partial charge is 0.461 e. The molecule has 0 spiro atoms. The van der Waals surface area contributed by atoms with Gasteiger partial charge in [-0.2, -0.15) is 0 Å². The number of ether oxygens (including phenoxy) is 1. The smallest absolute Gasteiger partial charge is 0.357 e. The normalized spacial score (nSPS) is 10.8. The highest BCUT2D eigenvalue weighted by atomic mass is 32.1. The van der Waals surface area contributed by atoms with Crippen molar-refractivity contribution in [2.75, 3.05) is 6.61 Å². The van der Waals surface area contributed by atoms with E-state index in [1.165, 1.54) is 16.9 Å². The zero-order valence-corrected chi connectivity index (χ0v) is 12.9. The highest BCUT2D eigenvalue weighted by Crippen LogP contribution is 2.24. The van der Waals surface area contributed by atoms with E-state index >= 15 is 0 Å². The lowest BCUT2D eigenvalue weighted by Crippen LogP contribution is -2.04. The van der Waals surface area contributed by atoms with Crippen molar-refractivity contribution in [3.05, 3.63) is 40.9 Å². The molecule has 0 atom stereocenters. The number of carbonyl (C=O) groups excluding carboxylic acids is 1. The van der Waals surface area contributed by atoms with Gasteiger partial charge in [0, 0.05) is 10.9 Å². The van der Waals surface area contributed by atoms with Gasteiger partial charge < -0.3 is 4.74 Å². The first-order valence-electron chi connectivity index (χ1n) is 6.82. The fourth-order valence-corrected chi connectivity index (χ4v) is 2.76. The number of thiazole rings is 1. The SMILES string of the molecule is CCOC(=O)c1csc(-c2ccc(CC(C)C)cc2)n1. The van der Waals surface area contributed by atoms with Crippen LogP contribution in [0.5, 0.6) is 0 Å². The van der Waals surface area contributed by atoms with E-state index in [0.717, 1.165) is 17.0 Å². The van der Waals surface area contributed by atoms with E-state index in [9.17, 15) is 4.79 Å². The molecule has 106 valence electrons. The number of aromatic nitrogens is 1. The first-order valence-corrected chi connectivity index (χ1v) is 7.70. The molecule has 2 rings (SSSR count). The lowest BCUT2D eigenvalue weighted by Gasteiger charge is -2.05. The van der Waals surface area contributed by atoms with Crippen LogP contribution in [0.2, 0.25) is 0 Å². The Balaban J connectivity index is 2.14. The molecular formula is C16H19NO2S. The van der Waals surface area contributed by atoms with Gasteiger partial charge in [0.15, 0.2) is 5.69 Å². The number of esters is 1. The Bertz CT molecular complexity index is 572. The predicted molar refractivity (Wildman–Crippen MR) is 82.0 cm³/mol. The average Bonchev–Trinajstić information content (AvgIpc) is 2.89. The number of nitrogens with zero attached hydrogens (tertiary/aromatic N) is 1. The summed E-state index contributed by atoms with van der Waals surface area (Å²) >= 11 is 1.46. The van der Waals surface area contributed by atoms with Crippen LogP contribution in [0.4, 0.5) is 0 Å². The van der Waals surface area contributed by atoms with Gasteiger partial charge in [0.25, 0.3) is 0 Å². The standard InChI is InChI=1S/C16H19NO2S/c1-4-19-16(18)14-10-20-15(17-14)13-7-5-12(6-8-13)9-11(2)3/h5-8,10-11H,4,9H2,1-3H3. The minimum Gasteiger partial charge on any atom is -0.461 e. The Morgan fingerprint density at radius 3 is 2.60 bits per heavy atom. The second-order valence-electron chi connectivity index (χ2n) is 5.05. The second-order valence-corrected chi connectivity index (χ2v) is 5.91. The van der Waals surface area contributed by atoms with E-state index < -0.39 is 0 Å². The number of benzene rings is 1. The third kappa shape index (κ3) is 3.67. The Morgan fingerprint density at radius 2 is 2.00 bits per heavy atom. The van der Waals surface area contributed by atoms with Crippen LogP contribution in [0.1, 0.15) is 36.8 Å². The van der Waals surface area contributed by atoms with Gasteiger partial charge >= 0.3 is 5.97 Å². The maximum atomic E-state index is 11.6. The van der Waals surface area contributed by atoms with Crippen molar-refractivity contribution in [1.29, 1.82) is 0 Å². The summed E-state index contributed by atoms with van der Waals surface area (Å²) in [6, 6.07) is 8.37. The van der Waals surface area contributed by atoms with Crippen molar-refractivity contribution >= 4 is 17.3 Å². The minimum absolute atomic E-state index is 0.355. The summed E-state index contributed by atoms with van der Waals surface area (Å²) in [5.74, 6) is 0.294. The molecule has 20 heavy (non-hydrogen) atoms. The molecule has 1 aromatic carbocycles. The van der Waals surface area contributed by atoms with Crippen molar-refractivity contribution in [2.24, 2.45) is 5.92 Å². The van der Waals surface area contributed by atoms with Crippen molar-refractivity contribution in [3.63, 3.8) is 0 Å². The Kier molecular flexibility index (Phi) is 4.90. The monoisotopic (exact) mass is 289 g/mol. The van der Waals surface area contributed by atoms with Crippen molar-refractivity contribution < 1.29 is 9.53 Å². The van der Waals surface area contributed by atoms with E-state index in [-0.39, 0.29) is 5.97 Å². The van der Waals surface area contributed by atoms with E-state index in [1.54, 1.807) is 12.3 Å². The van der Waals surface area contributed by atoms with Crippen LogP contribution >= 0.6 is 11.3 Å². The fraction of sp³-hybridized carbons (Fsp3) is 0.375. The highest BCUT2D eigenvalue weighted by molar-refractivity contribution is 7.13. The summed E-state index contributed by atoms with van der Waals surface area (Å²) in [6.07, 6.45) is 1.08. The zero-order valence-electron chi connectivity index (χ0n) is 12.1. The Hall–Kier alpha value is -1.68. The second kappa shape index (κ2) is 6.66. The summed E-state index contributed by atoms with van der Waals surface area (Å²) < 4.78 is 4.95. The third-order valence-electron chi connectivity index (χ3n) is 2.83. The van der Waals surface area contributed by atoms with Crippen LogP contribution < -0.4 is 0 Å². The molecule has 0 saturated heterocycles. The van der Waals surface area contributed by atoms with Crippen molar-refractivity contribution in [1.82, 2.24) is 4.98 Å². The number of rotatable bonds is 5. The Labute approximate surface area is 123 Å². The zero-order chi connectivity index (χ0) is 14.5. The topological polar surface area (TPSA) is 39.2 Å². The molecule has 2 aromatic rings. The molecule has 0 bridgehead atoms. The minimum atomic E-state index is -0.355. The summed E-state index contributed by atoms with van der Waals surface area (Å²) in [6.45, 7) is 6.58. The molecule has 0 N–H and O–H groups in total. The number of hydrogen-bond donors (Lipinski definition) is 0. The molecule has 4 heteroatoms. The molecular weight excluding hydrogens is 270 g/mol. The molecule has 0 aliphatic carbocycles. The lowest BCUT2D eigenvalue weighted by molar-refractivity contribution is 0.0520. The first-order chi connectivity index (χ1) is 9.60. The van der Waals surface area contributed by atoms with E-state index in [4.69, 9.17) is 4.74 Å². The van der Waals surface area contributed by atoms with Gasteiger partial charge in [-0.15, -0.1) is 11.3 Å². The molecule has 0 unspecified atom stereocenters. The number of hydrogen-bond acceptors (Lipinski definition) is 4. The predicted octanol–water partition coefficient (Wildman–Crippen LogP) is 4.19. The maximum Gasteiger partial charge on any atom is 0.357 e. The number of carbonyl (C=O) groups is 1. The maximum absolute atomic E-state index is 11.6. The van der Waals surface area contributed by atoms with Gasteiger partial charge in [-0.3, -0.25) is 0 Å². The Morgan fingerprint density at radius 1 is 1.30 bits per heavy atom. The van der Waals surface area contributed by atoms with Crippen LogP contribution in [0.25, 0.3) is 10.6 Å². The third-order valence-corrected chi connectivity index (χ3v) is 3.72. The van der Waals surface area contributed by atoms with Crippen molar-refractivity contribution in [2.45, 2.75) is 27.2 Å². The average molecular weight is 289 g/mol. The van der Waals surface area contributed by atoms with Crippen LogP contribution in [-0.4, -0.2) is 17.6 Å². The molecule has 1 aromatic heterocycles. The van der Waals surface area contributed by atoms with Crippen molar-refractivity contribution in [3.8, 4) is 10.6 Å². The first kappa shape index (κ1) is 14.7. The van der Waals surface area contributed by atoms with Gasteiger partial charge in [0.1, 0.15) is 5.01 Å². The molecule has 3 nitrogen and oxygen atoms in total. The summed E-state index contributed by atoms with van der Waals surface area (Å²) in [4.78, 5) is 15.9. The van der Waals surface area contributed by atoms with E-state index in [1.807, 2.05) is 0 Å². The van der Waals surface area contributed by atoms with Gasteiger partial charge in [-0.1, -0.05) is 38.1 Å². The van der Waals surface area contributed by atoms with Gasteiger partial charge in [-0.05, 0) is 24.8 Å². The van der Waals surface area contributed by atoms with Crippen LogP contribution in [-0.2, 0) is 11.2 Å². The molecule has 0 saturated carbocycles. The summed E-state index contributed by atoms with van der Waals surface area (Å²) in [5.41, 5.74) is 2.75. The fourth-order valence-electron chi connectivity index (χ4n) is 1.96. The lowest BCUT2D eigenvalue weighted by atomic mass is 10.0. The molecule has 0 radical (unpaired) electrons. The van der Waals surface area contributed by atoms with Crippen LogP contribution in [0.15, 0.2) is 29.6 Å². The molecule has 0 fully saturated rings. The highest BCUT2D eigenvalue weighted by Gasteiger charge is 2.12.